The van der Waals surface area contributed by atoms with E-state index < -0.39 is 0 Å². The average molecular weight is 275 g/mol. The maximum atomic E-state index is 4.17. The number of nitrogens with zero attached hydrogens (tertiary/aromatic N) is 3. The molecule has 0 fully saturated rings. The molecule has 0 bridgehead atoms. The minimum absolute atomic E-state index is 0.977. The Morgan fingerprint density at radius 3 is 1.50 bits per heavy atom. The summed E-state index contributed by atoms with van der Waals surface area (Å²) in [6, 6.07) is 7.99. The van der Waals surface area contributed by atoms with Crippen molar-refractivity contribution in [2.45, 2.75) is 55.4 Å². The molecule has 2 rings (SSSR count). The first-order chi connectivity index (χ1) is 9.58. The van der Waals surface area contributed by atoms with Gasteiger partial charge in [-0.15, -0.1) is 0 Å². The molecule has 0 saturated carbocycles. The van der Waals surface area contributed by atoms with Gasteiger partial charge < -0.3 is 0 Å². The van der Waals surface area contributed by atoms with Gasteiger partial charge in [-0.1, -0.05) is 33.8 Å². The number of hydrogen-bond donors (Lipinski definition) is 0. The molecule has 2 heterocycles. The SMILES string of the molecule is CC.CC.Cc1cccc(C)n1.Cc1cnnc(C)c1. The second kappa shape index (κ2) is 13.7. The van der Waals surface area contributed by atoms with Crippen molar-refractivity contribution in [3.63, 3.8) is 0 Å². The van der Waals surface area contributed by atoms with Gasteiger partial charge >= 0.3 is 0 Å². The van der Waals surface area contributed by atoms with Crippen molar-refractivity contribution in [3.8, 4) is 0 Å². The zero-order valence-corrected chi connectivity index (χ0v) is 14.2. The highest BCUT2D eigenvalue weighted by Gasteiger charge is 1.83. The number of rotatable bonds is 0. The van der Waals surface area contributed by atoms with Gasteiger partial charge in [-0.05, 0) is 51.5 Å². The van der Waals surface area contributed by atoms with Gasteiger partial charge in [0, 0.05) is 11.4 Å². The Morgan fingerprint density at radius 1 is 0.750 bits per heavy atom. The smallest absolute Gasteiger partial charge is 0.0602 e. The highest BCUT2D eigenvalue weighted by atomic mass is 15.1. The van der Waals surface area contributed by atoms with Crippen LogP contribution in [-0.2, 0) is 0 Å². The van der Waals surface area contributed by atoms with Crippen LogP contribution >= 0.6 is 0 Å². The van der Waals surface area contributed by atoms with Gasteiger partial charge in [0.15, 0.2) is 0 Å². The van der Waals surface area contributed by atoms with Gasteiger partial charge in [0.1, 0.15) is 0 Å². The van der Waals surface area contributed by atoms with Crippen LogP contribution in [-0.4, -0.2) is 15.2 Å². The van der Waals surface area contributed by atoms with E-state index in [1.807, 2.05) is 79.7 Å². The Bertz CT molecular complexity index is 375. The van der Waals surface area contributed by atoms with E-state index in [0.29, 0.717) is 0 Å². The van der Waals surface area contributed by atoms with Crippen molar-refractivity contribution in [3.05, 3.63) is 53.1 Å². The third-order valence-electron chi connectivity index (χ3n) is 1.94. The fraction of sp³-hybridized carbons (Fsp3) is 0.471. The summed E-state index contributed by atoms with van der Waals surface area (Å²) in [4.78, 5) is 4.17. The van der Waals surface area contributed by atoms with E-state index in [1.54, 1.807) is 6.20 Å². The van der Waals surface area contributed by atoms with Crippen LogP contribution in [0.1, 0.15) is 50.3 Å². The summed E-state index contributed by atoms with van der Waals surface area (Å²) >= 11 is 0. The van der Waals surface area contributed by atoms with Gasteiger partial charge in [-0.3, -0.25) is 4.98 Å². The Morgan fingerprint density at radius 2 is 1.25 bits per heavy atom. The Labute approximate surface area is 124 Å². The molecule has 0 saturated heterocycles. The number of aromatic nitrogens is 3. The minimum Gasteiger partial charge on any atom is -0.258 e. The molecule has 20 heavy (non-hydrogen) atoms. The normalized spacial score (nSPS) is 8.00. The summed E-state index contributed by atoms with van der Waals surface area (Å²) in [6.45, 7) is 15.9. The predicted octanol–water partition coefficient (Wildman–Crippen LogP) is 4.84. The molecule has 112 valence electrons. The first-order valence-corrected chi connectivity index (χ1v) is 7.24. The fourth-order valence-corrected chi connectivity index (χ4v) is 1.29. The van der Waals surface area contributed by atoms with Crippen LogP contribution in [0.2, 0.25) is 0 Å². The number of hydrogen-bond acceptors (Lipinski definition) is 3. The van der Waals surface area contributed by atoms with Crippen LogP contribution in [0.5, 0.6) is 0 Å². The van der Waals surface area contributed by atoms with Crippen molar-refractivity contribution < 1.29 is 0 Å². The zero-order chi connectivity index (χ0) is 16.0. The molecule has 0 radical (unpaired) electrons. The summed E-state index contributed by atoms with van der Waals surface area (Å²) in [7, 11) is 0. The van der Waals surface area contributed by atoms with Gasteiger partial charge in [0.25, 0.3) is 0 Å². The predicted molar refractivity (Wildman–Crippen MR) is 87.9 cm³/mol. The largest absolute Gasteiger partial charge is 0.258 e. The van der Waals surface area contributed by atoms with E-state index in [1.165, 1.54) is 0 Å². The fourth-order valence-electron chi connectivity index (χ4n) is 1.29. The molecule has 0 aromatic carbocycles. The van der Waals surface area contributed by atoms with E-state index in [4.69, 9.17) is 0 Å². The molecular formula is C17H29N3. The zero-order valence-electron chi connectivity index (χ0n) is 14.2. The van der Waals surface area contributed by atoms with Gasteiger partial charge in [0.05, 0.1) is 11.9 Å². The van der Waals surface area contributed by atoms with Crippen molar-refractivity contribution >= 4 is 0 Å². The molecule has 3 nitrogen and oxygen atoms in total. The third kappa shape index (κ3) is 11.3. The molecule has 3 heteroatoms. The van der Waals surface area contributed by atoms with Gasteiger partial charge in [-0.25, -0.2) is 0 Å². The minimum atomic E-state index is 0.977. The molecule has 0 aliphatic rings. The van der Waals surface area contributed by atoms with E-state index in [-0.39, 0.29) is 0 Å². The van der Waals surface area contributed by atoms with Crippen molar-refractivity contribution in [2.75, 3.05) is 0 Å². The standard InChI is InChI=1S/C7H9N.C6H8N2.2C2H6/c1-6-4-3-5-7(2)8-6;1-5-3-6(2)8-7-4-5;2*1-2/h3-5H,1-2H3;3-4H,1-2H3;2*1-2H3. The molecule has 0 aliphatic heterocycles. The Balaban J connectivity index is 0. The topological polar surface area (TPSA) is 38.7 Å². The van der Waals surface area contributed by atoms with Crippen LogP contribution in [0, 0.1) is 27.7 Å². The number of pyridine rings is 1. The number of aryl methyl sites for hydroxylation is 4. The van der Waals surface area contributed by atoms with E-state index in [9.17, 15) is 0 Å². The lowest BCUT2D eigenvalue weighted by Crippen LogP contribution is -1.84. The maximum absolute atomic E-state index is 4.17. The van der Waals surface area contributed by atoms with E-state index >= 15 is 0 Å². The summed E-state index contributed by atoms with van der Waals surface area (Å²) in [5, 5.41) is 7.52. The summed E-state index contributed by atoms with van der Waals surface area (Å²) in [5.41, 5.74) is 4.32. The lowest BCUT2D eigenvalue weighted by atomic mass is 10.3. The van der Waals surface area contributed by atoms with Crippen molar-refractivity contribution in [1.29, 1.82) is 0 Å². The first kappa shape index (κ1) is 20.5. The Kier molecular flexibility index (Phi) is 14.0. The molecule has 0 N–H and O–H groups in total. The molecule has 2 aromatic heterocycles. The molecule has 0 aliphatic carbocycles. The molecule has 0 amide bonds. The Hall–Kier alpha value is -1.77. The van der Waals surface area contributed by atoms with Crippen LogP contribution in [0.4, 0.5) is 0 Å². The molecule has 2 aromatic rings. The van der Waals surface area contributed by atoms with Crippen LogP contribution in [0.3, 0.4) is 0 Å². The molecule has 0 unspecified atom stereocenters. The molecular weight excluding hydrogens is 246 g/mol. The van der Waals surface area contributed by atoms with Gasteiger partial charge in [0.2, 0.25) is 0 Å². The summed E-state index contributed by atoms with van der Waals surface area (Å²) in [6.07, 6.45) is 1.74. The summed E-state index contributed by atoms with van der Waals surface area (Å²) < 4.78 is 0. The second-order valence-electron chi connectivity index (χ2n) is 3.79. The van der Waals surface area contributed by atoms with Crippen LogP contribution < -0.4 is 0 Å². The van der Waals surface area contributed by atoms with E-state index in [2.05, 4.69) is 15.2 Å². The molecule has 0 atom stereocenters. The first-order valence-electron chi connectivity index (χ1n) is 7.24. The summed E-state index contributed by atoms with van der Waals surface area (Å²) in [5.74, 6) is 0. The maximum Gasteiger partial charge on any atom is 0.0602 e. The quantitative estimate of drug-likeness (QED) is 0.690. The van der Waals surface area contributed by atoms with Crippen LogP contribution in [0.25, 0.3) is 0 Å². The third-order valence-corrected chi connectivity index (χ3v) is 1.94. The highest BCUT2D eigenvalue weighted by molar-refractivity contribution is 5.08. The van der Waals surface area contributed by atoms with Crippen molar-refractivity contribution in [2.24, 2.45) is 0 Å². The van der Waals surface area contributed by atoms with Crippen molar-refractivity contribution in [1.82, 2.24) is 15.2 Å². The van der Waals surface area contributed by atoms with Gasteiger partial charge in [-0.2, -0.15) is 10.2 Å². The lowest BCUT2D eigenvalue weighted by Gasteiger charge is -1.90. The molecule has 0 spiro atoms. The van der Waals surface area contributed by atoms with Crippen LogP contribution in [0.15, 0.2) is 30.5 Å². The monoisotopic (exact) mass is 275 g/mol. The lowest BCUT2D eigenvalue weighted by molar-refractivity contribution is 0.966. The van der Waals surface area contributed by atoms with E-state index in [0.717, 1.165) is 22.6 Å². The second-order valence-corrected chi connectivity index (χ2v) is 3.79. The average Bonchev–Trinajstić information content (AvgIpc) is 2.43. The highest BCUT2D eigenvalue weighted by Crippen LogP contribution is 1.94.